The highest BCUT2D eigenvalue weighted by molar-refractivity contribution is 5.82. The van der Waals surface area contributed by atoms with E-state index in [1.54, 1.807) is 6.08 Å². The highest BCUT2D eigenvalue weighted by Crippen LogP contribution is 2.05. The van der Waals surface area contributed by atoms with Crippen molar-refractivity contribution in [1.29, 1.82) is 0 Å². The molecule has 0 unspecified atom stereocenters. The third-order valence-electron chi connectivity index (χ3n) is 2.31. The predicted octanol–water partition coefficient (Wildman–Crippen LogP) is 4.41. The van der Waals surface area contributed by atoms with Crippen LogP contribution in [0.4, 0.5) is 0 Å². The molecule has 2 heteroatoms. The summed E-state index contributed by atoms with van der Waals surface area (Å²) in [5.74, 6) is -0.271. The molecule has 0 heterocycles. The van der Waals surface area contributed by atoms with Gasteiger partial charge in [0.05, 0.1) is 6.10 Å². The molecule has 0 saturated carbocycles. The Balaban J connectivity index is 3.46. The monoisotopic (exact) mass is 238 g/mol. The number of rotatable bonds is 9. The summed E-state index contributed by atoms with van der Waals surface area (Å²) in [4.78, 5) is 11.1. The van der Waals surface area contributed by atoms with Gasteiger partial charge in [0.15, 0.2) is 0 Å². The normalized spacial score (nSPS) is 11.8. The van der Waals surface area contributed by atoms with Crippen molar-refractivity contribution in [2.24, 2.45) is 0 Å². The third-order valence-corrected chi connectivity index (χ3v) is 2.31. The highest BCUT2D eigenvalue weighted by atomic mass is 16.5. The molecule has 0 aromatic rings. The standard InChI is InChI=1S/C15H26O2/c1-4-5-6-7-8-9-10-11-12-13-15(16)17-14(2)3/h10-14H,4-9H2,1-3H3/b11-10?,13-12+. The van der Waals surface area contributed by atoms with E-state index in [2.05, 4.69) is 13.0 Å². The van der Waals surface area contributed by atoms with E-state index in [1.807, 2.05) is 19.9 Å². The van der Waals surface area contributed by atoms with Gasteiger partial charge >= 0.3 is 5.97 Å². The molecule has 0 spiro atoms. The molecular formula is C15H26O2. The largest absolute Gasteiger partial charge is 0.460 e. The molecule has 0 aliphatic heterocycles. The van der Waals surface area contributed by atoms with Gasteiger partial charge in [-0.15, -0.1) is 0 Å². The van der Waals surface area contributed by atoms with Crippen LogP contribution in [0, 0.1) is 0 Å². The fourth-order valence-corrected chi connectivity index (χ4v) is 1.45. The molecule has 0 atom stereocenters. The Morgan fingerprint density at radius 2 is 1.82 bits per heavy atom. The molecule has 2 nitrogen and oxygen atoms in total. The minimum atomic E-state index is -0.271. The minimum Gasteiger partial charge on any atom is -0.460 e. The average Bonchev–Trinajstić information content (AvgIpc) is 2.26. The van der Waals surface area contributed by atoms with Crippen LogP contribution < -0.4 is 0 Å². The van der Waals surface area contributed by atoms with Crippen molar-refractivity contribution >= 4 is 5.97 Å². The maximum absolute atomic E-state index is 11.1. The quantitative estimate of drug-likeness (QED) is 0.257. The smallest absolute Gasteiger partial charge is 0.330 e. The van der Waals surface area contributed by atoms with Crippen molar-refractivity contribution in [3.05, 3.63) is 24.3 Å². The molecule has 0 N–H and O–H groups in total. The first-order valence-corrected chi connectivity index (χ1v) is 6.70. The topological polar surface area (TPSA) is 26.3 Å². The first-order valence-electron chi connectivity index (χ1n) is 6.70. The van der Waals surface area contributed by atoms with E-state index in [1.165, 1.54) is 38.2 Å². The van der Waals surface area contributed by atoms with Gasteiger partial charge in [0.1, 0.15) is 0 Å². The molecule has 0 aromatic heterocycles. The molecule has 0 aliphatic rings. The maximum Gasteiger partial charge on any atom is 0.330 e. The van der Waals surface area contributed by atoms with E-state index < -0.39 is 0 Å². The zero-order valence-corrected chi connectivity index (χ0v) is 11.4. The number of ether oxygens (including phenoxy) is 1. The molecule has 0 saturated heterocycles. The van der Waals surface area contributed by atoms with Crippen molar-refractivity contribution in [2.45, 2.75) is 65.4 Å². The summed E-state index contributed by atoms with van der Waals surface area (Å²) < 4.78 is 4.96. The first kappa shape index (κ1) is 16.0. The first-order chi connectivity index (χ1) is 8.16. The Kier molecular flexibility index (Phi) is 10.7. The van der Waals surface area contributed by atoms with Crippen molar-refractivity contribution < 1.29 is 9.53 Å². The van der Waals surface area contributed by atoms with Crippen LogP contribution in [0.2, 0.25) is 0 Å². The van der Waals surface area contributed by atoms with Crippen molar-refractivity contribution in [3.8, 4) is 0 Å². The fourth-order valence-electron chi connectivity index (χ4n) is 1.45. The average molecular weight is 238 g/mol. The van der Waals surface area contributed by atoms with Crippen LogP contribution in [-0.2, 0) is 9.53 Å². The molecule has 0 aromatic carbocycles. The van der Waals surface area contributed by atoms with Gasteiger partial charge < -0.3 is 4.74 Å². The van der Waals surface area contributed by atoms with Crippen LogP contribution in [0.15, 0.2) is 24.3 Å². The summed E-state index contributed by atoms with van der Waals surface area (Å²) >= 11 is 0. The van der Waals surface area contributed by atoms with Crippen molar-refractivity contribution in [2.75, 3.05) is 0 Å². The van der Waals surface area contributed by atoms with Crippen LogP contribution in [0.3, 0.4) is 0 Å². The highest BCUT2D eigenvalue weighted by Gasteiger charge is 1.97. The molecule has 0 rings (SSSR count). The number of hydrogen-bond acceptors (Lipinski definition) is 2. The van der Waals surface area contributed by atoms with Gasteiger partial charge in [-0.3, -0.25) is 0 Å². The van der Waals surface area contributed by atoms with E-state index >= 15 is 0 Å². The molecule has 17 heavy (non-hydrogen) atoms. The van der Waals surface area contributed by atoms with Crippen molar-refractivity contribution in [3.63, 3.8) is 0 Å². The Bertz CT molecular complexity index is 239. The Morgan fingerprint density at radius 1 is 1.12 bits per heavy atom. The number of allylic oxidation sites excluding steroid dienone is 3. The molecule has 0 bridgehead atoms. The zero-order chi connectivity index (χ0) is 12.9. The van der Waals surface area contributed by atoms with E-state index in [-0.39, 0.29) is 12.1 Å². The number of esters is 1. The van der Waals surface area contributed by atoms with Crippen molar-refractivity contribution in [1.82, 2.24) is 0 Å². The second kappa shape index (κ2) is 11.4. The summed E-state index contributed by atoms with van der Waals surface area (Å²) in [7, 11) is 0. The maximum atomic E-state index is 11.1. The second-order valence-electron chi connectivity index (χ2n) is 4.48. The summed E-state index contributed by atoms with van der Waals surface area (Å²) in [6, 6.07) is 0. The number of unbranched alkanes of at least 4 members (excludes halogenated alkanes) is 5. The van der Waals surface area contributed by atoms with Gasteiger partial charge in [-0.1, -0.05) is 50.8 Å². The lowest BCUT2D eigenvalue weighted by molar-refractivity contribution is -0.141. The summed E-state index contributed by atoms with van der Waals surface area (Å²) in [5.41, 5.74) is 0. The number of carbonyl (C=O) groups is 1. The predicted molar refractivity (Wildman–Crippen MR) is 72.9 cm³/mol. The fraction of sp³-hybridized carbons (Fsp3) is 0.667. The molecule has 0 fully saturated rings. The summed E-state index contributed by atoms with van der Waals surface area (Å²) in [6.45, 7) is 5.91. The van der Waals surface area contributed by atoms with Gasteiger partial charge in [-0.25, -0.2) is 4.79 Å². The van der Waals surface area contributed by atoms with Crippen LogP contribution in [0.5, 0.6) is 0 Å². The Hall–Kier alpha value is -1.05. The van der Waals surface area contributed by atoms with Crippen LogP contribution in [0.25, 0.3) is 0 Å². The molecule has 0 radical (unpaired) electrons. The SMILES string of the molecule is CCCCCCCC=C/C=C/C(=O)OC(C)C. The minimum absolute atomic E-state index is 0.0466. The number of carbonyl (C=O) groups excluding carboxylic acids is 1. The molecule has 0 aliphatic carbocycles. The van der Waals surface area contributed by atoms with Gasteiger partial charge in [0.25, 0.3) is 0 Å². The van der Waals surface area contributed by atoms with E-state index in [4.69, 9.17) is 4.74 Å². The van der Waals surface area contributed by atoms with Gasteiger partial charge in [-0.2, -0.15) is 0 Å². The van der Waals surface area contributed by atoms with Gasteiger partial charge in [-0.05, 0) is 26.7 Å². The van der Waals surface area contributed by atoms with Gasteiger partial charge in [0, 0.05) is 6.08 Å². The van der Waals surface area contributed by atoms with Crippen LogP contribution >= 0.6 is 0 Å². The van der Waals surface area contributed by atoms with Crippen LogP contribution in [-0.4, -0.2) is 12.1 Å². The molecular weight excluding hydrogens is 212 g/mol. The Morgan fingerprint density at radius 3 is 2.47 bits per heavy atom. The van der Waals surface area contributed by atoms with Gasteiger partial charge in [0.2, 0.25) is 0 Å². The second-order valence-corrected chi connectivity index (χ2v) is 4.48. The van der Waals surface area contributed by atoms with E-state index in [9.17, 15) is 4.79 Å². The zero-order valence-electron chi connectivity index (χ0n) is 11.4. The molecule has 0 amide bonds. The van der Waals surface area contributed by atoms with E-state index in [0.29, 0.717) is 0 Å². The lowest BCUT2D eigenvalue weighted by Gasteiger charge is -2.03. The summed E-state index contributed by atoms with van der Waals surface area (Å²) in [6.07, 6.45) is 14.8. The third kappa shape index (κ3) is 12.9. The summed E-state index contributed by atoms with van der Waals surface area (Å²) in [5, 5.41) is 0. The lowest BCUT2D eigenvalue weighted by Crippen LogP contribution is -2.08. The lowest BCUT2D eigenvalue weighted by atomic mass is 10.1. The Labute approximate surface area is 106 Å². The number of hydrogen-bond donors (Lipinski definition) is 0. The molecule has 98 valence electrons. The van der Waals surface area contributed by atoms with Crippen LogP contribution in [0.1, 0.15) is 59.3 Å². The van der Waals surface area contributed by atoms with E-state index in [0.717, 1.165) is 6.42 Å².